The van der Waals surface area contributed by atoms with E-state index in [1.807, 2.05) is 18.5 Å². The maximum atomic E-state index is 6.10. The predicted molar refractivity (Wildman–Crippen MR) is 79.7 cm³/mol. The van der Waals surface area contributed by atoms with Gasteiger partial charge in [0.05, 0.1) is 0 Å². The molecule has 1 aromatic rings. The molecule has 3 heteroatoms. The molecule has 0 aliphatic heterocycles. The fourth-order valence-electron chi connectivity index (χ4n) is 3.59. The molecule has 2 N–H and O–H groups in total. The van der Waals surface area contributed by atoms with Gasteiger partial charge in [-0.1, -0.05) is 25.8 Å². The Morgan fingerprint density at radius 1 is 1.53 bits per heavy atom. The highest BCUT2D eigenvalue weighted by Crippen LogP contribution is 2.39. The van der Waals surface area contributed by atoms with Crippen LogP contribution in [0.2, 0.25) is 0 Å². The summed E-state index contributed by atoms with van der Waals surface area (Å²) >= 11 is 0. The first-order valence-corrected chi connectivity index (χ1v) is 7.41. The molecule has 1 fully saturated rings. The van der Waals surface area contributed by atoms with Crippen molar-refractivity contribution >= 4 is 0 Å². The van der Waals surface area contributed by atoms with Crippen molar-refractivity contribution in [2.24, 2.45) is 17.1 Å². The zero-order chi connectivity index (χ0) is 13.7. The van der Waals surface area contributed by atoms with Crippen LogP contribution in [0.5, 0.6) is 0 Å². The summed E-state index contributed by atoms with van der Waals surface area (Å²) in [5.74, 6) is 0.823. The third-order valence-corrected chi connectivity index (χ3v) is 4.40. The van der Waals surface area contributed by atoms with Crippen LogP contribution in [0.25, 0.3) is 0 Å². The van der Waals surface area contributed by atoms with Gasteiger partial charge >= 0.3 is 0 Å². The molecule has 19 heavy (non-hydrogen) atoms. The predicted octanol–water partition coefficient (Wildman–Crippen LogP) is 2.67. The lowest BCUT2D eigenvalue weighted by atomic mass is 9.70. The van der Waals surface area contributed by atoms with Crippen molar-refractivity contribution in [1.29, 1.82) is 0 Å². The van der Waals surface area contributed by atoms with Crippen LogP contribution in [0, 0.1) is 11.3 Å². The first-order chi connectivity index (χ1) is 9.13. The monoisotopic (exact) mass is 261 g/mol. The summed E-state index contributed by atoms with van der Waals surface area (Å²) in [5.41, 5.74) is 7.71. The van der Waals surface area contributed by atoms with Gasteiger partial charge in [-0.05, 0) is 49.4 Å². The first kappa shape index (κ1) is 14.5. The van der Waals surface area contributed by atoms with Crippen LogP contribution in [-0.4, -0.2) is 30.0 Å². The van der Waals surface area contributed by atoms with Gasteiger partial charge in [-0.25, -0.2) is 0 Å². The second kappa shape index (κ2) is 6.49. The van der Waals surface area contributed by atoms with Gasteiger partial charge in [0.2, 0.25) is 0 Å². The Labute approximate surface area is 117 Å². The van der Waals surface area contributed by atoms with Gasteiger partial charge in [-0.3, -0.25) is 4.98 Å². The van der Waals surface area contributed by atoms with Gasteiger partial charge in [-0.2, -0.15) is 0 Å². The number of hydrogen-bond donors (Lipinski definition) is 1. The molecule has 0 amide bonds. The summed E-state index contributed by atoms with van der Waals surface area (Å²) in [5, 5.41) is 0. The van der Waals surface area contributed by atoms with Crippen molar-refractivity contribution < 1.29 is 0 Å². The summed E-state index contributed by atoms with van der Waals surface area (Å²) in [6.07, 6.45) is 9.04. The number of rotatable bonds is 5. The van der Waals surface area contributed by atoms with Crippen LogP contribution in [0.15, 0.2) is 24.5 Å². The zero-order valence-electron chi connectivity index (χ0n) is 12.3. The summed E-state index contributed by atoms with van der Waals surface area (Å²) in [6, 6.07) is 4.15. The van der Waals surface area contributed by atoms with E-state index in [9.17, 15) is 0 Å². The van der Waals surface area contributed by atoms with Crippen molar-refractivity contribution in [3.05, 3.63) is 30.1 Å². The standard InChI is InChI=1S/C16H27N3/c1-14-5-3-7-16(9-14,12-17)13-19(2)11-15-6-4-8-18-10-15/h4,6,8,10,14H,3,5,7,9,11-13,17H2,1-2H3. The largest absolute Gasteiger partial charge is 0.330 e. The highest BCUT2D eigenvalue weighted by molar-refractivity contribution is 5.08. The highest BCUT2D eigenvalue weighted by atomic mass is 15.1. The van der Waals surface area contributed by atoms with Crippen LogP contribution >= 0.6 is 0 Å². The molecule has 1 aliphatic rings. The maximum Gasteiger partial charge on any atom is 0.0312 e. The molecule has 1 aromatic heterocycles. The van der Waals surface area contributed by atoms with Crippen LogP contribution in [0.3, 0.4) is 0 Å². The molecule has 1 aliphatic carbocycles. The lowest BCUT2D eigenvalue weighted by Crippen LogP contribution is -2.44. The fourth-order valence-corrected chi connectivity index (χ4v) is 3.59. The van der Waals surface area contributed by atoms with Crippen molar-refractivity contribution in [2.75, 3.05) is 20.1 Å². The molecule has 106 valence electrons. The molecule has 0 bridgehead atoms. The molecule has 0 radical (unpaired) electrons. The third kappa shape index (κ3) is 4.02. The van der Waals surface area contributed by atoms with Crippen molar-refractivity contribution in [3.63, 3.8) is 0 Å². The number of aromatic nitrogens is 1. The topological polar surface area (TPSA) is 42.1 Å². The van der Waals surface area contributed by atoms with Gasteiger partial charge in [0, 0.05) is 25.5 Å². The smallest absolute Gasteiger partial charge is 0.0312 e. The molecule has 1 saturated carbocycles. The molecule has 0 aromatic carbocycles. The second-order valence-corrected chi connectivity index (χ2v) is 6.44. The molecule has 0 spiro atoms. The Bertz CT molecular complexity index is 379. The number of hydrogen-bond acceptors (Lipinski definition) is 3. The molecule has 0 saturated heterocycles. The summed E-state index contributed by atoms with van der Waals surface area (Å²) < 4.78 is 0. The normalized spacial score (nSPS) is 27.7. The van der Waals surface area contributed by atoms with E-state index in [4.69, 9.17) is 5.73 Å². The van der Waals surface area contributed by atoms with Crippen LogP contribution in [-0.2, 0) is 6.54 Å². The van der Waals surface area contributed by atoms with Crippen molar-refractivity contribution in [3.8, 4) is 0 Å². The number of pyridine rings is 1. The van der Waals surface area contributed by atoms with E-state index in [1.165, 1.54) is 31.2 Å². The van der Waals surface area contributed by atoms with Crippen LogP contribution in [0.1, 0.15) is 38.2 Å². The zero-order valence-corrected chi connectivity index (χ0v) is 12.3. The van der Waals surface area contributed by atoms with E-state index in [-0.39, 0.29) is 0 Å². The van der Waals surface area contributed by atoms with Crippen molar-refractivity contribution in [1.82, 2.24) is 9.88 Å². The van der Waals surface area contributed by atoms with E-state index < -0.39 is 0 Å². The Morgan fingerprint density at radius 3 is 3.00 bits per heavy atom. The average molecular weight is 261 g/mol. The minimum atomic E-state index is 0.328. The van der Waals surface area contributed by atoms with Gasteiger partial charge in [0.1, 0.15) is 0 Å². The number of nitrogens with zero attached hydrogens (tertiary/aromatic N) is 2. The lowest BCUT2D eigenvalue weighted by molar-refractivity contribution is 0.0981. The molecular formula is C16H27N3. The maximum absolute atomic E-state index is 6.10. The molecule has 2 atom stereocenters. The lowest BCUT2D eigenvalue weighted by Gasteiger charge is -2.41. The molecule has 1 heterocycles. The van der Waals surface area contributed by atoms with Crippen molar-refractivity contribution in [2.45, 2.75) is 39.2 Å². The molecular weight excluding hydrogens is 234 g/mol. The van der Waals surface area contributed by atoms with Gasteiger partial charge in [0.25, 0.3) is 0 Å². The van der Waals surface area contributed by atoms with E-state index in [0.29, 0.717) is 5.41 Å². The molecule has 2 rings (SSSR count). The van der Waals surface area contributed by atoms with Crippen LogP contribution < -0.4 is 5.73 Å². The Kier molecular flexibility index (Phi) is 4.94. The second-order valence-electron chi connectivity index (χ2n) is 6.44. The van der Waals surface area contributed by atoms with E-state index in [2.05, 4.69) is 29.9 Å². The van der Waals surface area contributed by atoms with E-state index in [1.54, 1.807) is 0 Å². The van der Waals surface area contributed by atoms with E-state index in [0.717, 1.165) is 25.6 Å². The van der Waals surface area contributed by atoms with Gasteiger partial charge in [-0.15, -0.1) is 0 Å². The SMILES string of the molecule is CC1CCCC(CN)(CN(C)Cc2cccnc2)C1. The minimum absolute atomic E-state index is 0.328. The quantitative estimate of drug-likeness (QED) is 0.886. The molecule has 3 nitrogen and oxygen atoms in total. The van der Waals surface area contributed by atoms with Gasteiger partial charge < -0.3 is 10.6 Å². The summed E-state index contributed by atoms with van der Waals surface area (Å²) in [4.78, 5) is 6.59. The molecule has 2 unspecified atom stereocenters. The highest BCUT2D eigenvalue weighted by Gasteiger charge is 2.34. The average Bonchev–Trinajstić information content (AvgIpc) is 2.39. The number of nitrogens with two attached hydrogens (primary N) is 1. The summed E-state index contributed by atoms with van der Waals surface area (Å²) in [6.45, 7) is 5.24. The third-order valence-electron chi connectivity index (χ3n) is 4.40. The van der Waals surface area contributed by atoms with Crippen LogP contribution in [0.4, 0.5) is 0 Å². The fraction of sp³-hybridized carbons (Fsp3) is 0.688. The van der Waals surface area contributed by atoms with Gasteiger partial charge in [0.15, 0.2) is 0 Å². The Hall–Kier alpha value is -0.930. The Balaban J connectivity index is 1.94. The Morgan fingerprint density at radius 2 is 2.37 bits per heavy atom. The first-order valence-electron chi connectivity index (χ1n) is 7.41. The summed E-state index contributed by atoms with van der Waals surface area (Å²) in [7, 11) is 2.20. The van der Waals surface area contributed by atoms with E-state index >= 15 is 0 Å². The minimum Gasteiger partial charge on any atom is -0.330 e.